The van der Waals surface area contributed by atoms with Crippen LogP contribution in [0.4, 0.5) is 11.5 Å². The number of anilines is 2. The van der Waals surface area contributed by atoms with Crippen LogP contribution in [0.15, 0.2) is 83.3 Å². The number of para-hydroxylation sites is 2. The van der Waals surface area contributed by atoms with Gasteiger partial charge in [0, 0.05) is 21.7 Å². The molecule has 0 radical (unpaired) electrons. The highest BCUT2D eigenvalue weighted by Gasteiger charge is 2.16. The lowest BCUT2D eigenvalue weighted by molar-refractivity contribution is 0.667. The monoisotopic (exact) mass is 371 g/mol. The van der Waals surface area contributed by atoms with E-state index in [9.17, 15) is 0 Å². The molecule has 0 saturated heterocycles. The Hall–Kier alpha value is -3.37. The third-order valence-electron chi connectivity index (χ3n) is 4.36. The third kappa shape index (κ3) is 2.90. The van der Waals surface area contributed by atoms with Gasteiger partial charge in [-0.3, -0.25) is 0 Å². The number of halogens is 1. The average molecular weight is 372 g/mol. The number of nitrogens with zero attached hydrogens (tertiary/aromatic N) is 2. The maximum absolute atomic E-state index is 6.06. The molecule has 0 aliphatic rings. The molecule has 0 aliphatic carbocycles. The summed E-state index contributed by atoms with van der Waals surface area (Å²) in [4.78, 5) is 9.51. The Morgan fingerprint density at radius 1 is 0.778 bits per heavy atom. The Bertz CT molecular complexity index is 1250. The second kappa shape index (κ2) is 6.41. The summed E-state index contributed by atoms with van der Waals surface area (Å²) in [5, 5.41) is 5.00. The smallest absolute Gasteiger partial charge is 0.196 e. The zero-order valence-corrected chi connectivity index (χ0v) is 14.9. The number of hydrogen-bond acceptors (Lipinski definition) is 4. The van der Waals surface area contributed by atoms with Gasteiger partial charge in [0.05, 0.1) is 0 Å². The van der Waals surface area contributed by atoms with Crippen molar-refractivity contribution in [3.63, 3.8) is 0 Å². The molecule has 0 saturated carbocycles. The Morgan fingerprint density at radius 2 is 1.52 bits per heavy atom. The second-order valence-corrected chi connectivity index (χ2v) is 6.61. The van der Waals surface area contributed by atoms with Crippen molar-refractivity contribution in [1.29, 1.82) is 0 Å². The first kappa shape index (κ1) is 15.9. The van der Waals surface area contributed by atoms with Gasteiger partial charge in [-0.1, -0.05) is 41.9 Å². The van der Waals surface area contributed by atoms with Gasteiger partial charge in [-0.2, -0.15) is 0 Å². The van der Waals surface area contributed by atoms with Crippen molar-refractivity contribution in [3.8, 4) is 11.4 Å². The number of fused-ring (bicyclic) bond motifs is 3. The molecule has 5 aromatic rings. The molecule has 2 heterocycles. The Morgan fingerprint density at radius 3 is 2.33 bits per heavy atom. The van der Waals surface area contributed by atoms with Crippen molar-refractivity contribution >= 4 is 45.2 Å². The summed E-state index contributed by atoms with van der Waals surface area (Å²) in [5.41, 5.74) is 4.02. The van der Waals surface area contributed by atoms with Gasteiger partial charge in [-0.15, -0.1) is 0 Å². The molecule has 1 N–H and O–H groups in total. The average Bonchev–Trinajstić information content (AvgIpc) is 3.08. The quantitative estimate of drug-likeness (QED) is 0.396. The lowest BCUT2D eigenvalue weighted by Crippen LogP contribution is -1.98. The summed E-state index contributed by atoms with van der Waals surface area (Å²) >= 11 is 6.03. The lowest BCUT2D eigenvalue weighted by atomic mass is 10.2. The molecule has 5 heteroatoms. The molecule has 0 atom stereocenters. The van der Waals surface area contributed by atoms with Crippen LogP contribution in [-0.2, 0) is 0 Å². The molecule has 2 aromatic heterocycles. The van der Waals surface area contributed by atoms with Crippen LogP contribution in [-0.4, -0.2) is 9.97 Å². The molecule has 0 amide bonds. The summed E-state index contributed by atoms with van der Waals surface area (Å²) < 4.78 is 6.06. The van der Waals surface area contributed by atoms with E-state index in [0.29, 0.717) is 22.2 Å². The molecule has 4 nitrogen and oxygen atoms in total. The van der Waals surface area contributed by atoms with Crippen molar-refractivity contribution in [3.05, 3.63) is 83.9 Å². The maximum atomic E-state index is 6.06. The molecule has 0 fully saturated rings. The SMILES string of the molecule is Clc1ccc(-c2nc(Nc3ccccc3)c3oc4ccccc4c3n2)cc1. The van der Waals surface area contributed by atoms with Gasteiger partial charge in [0.15, 0.2) is 17.2 Å². The standard InChI is InChI=1S/C22H14ClN3O/c23-15-12-10-14(11-13-15)21-25-19-17-8-4-5-9-18(17)27-20(19)22(26-21)24-16-6-2-1-3-7-16/h1-13H,(H,24,25,26). The number of rotatable bonds is 3. The summed E-state index contributed by atoms with van der Waals surface area (Å²) in [6.07, 6.45) is 0. The molecular formula is C22H14ClN3O. The van der Waals surface area contributed by atoms with E-state index in [4.69, 9.17) is 26.0 Å². The van der Waals surface area contributed by atoms with Crippen molar-refractivity contribution < 1.29 is 4.42 Å². The predicted molar refractivity (Wildman–Crippen MR) is 109 cm³/mol. The molecule has 0 bridgehead atoms. The lowest BCUT2D eigenvalue weighted by Gasteiger charge is -2.08. The van der Waals surface area contributed by atoms with E-state index in [2.05, 4.69) is 5.32 Å². The molecule has 3 aromatic carbocycles. The fraction of sp³-hybridized carbons (Fsp3) is 0. The minimum atomic E-state index is 0.615. The number of aromatic nitrogens is 2. The fourth-order valence-electron chi connectivity index (χ4n) is 3.06. The minimum Gasteiger partial charge on any atom is -0.450 e. The zero-order valence-electron chi connectivity index (χ0n) is 14.2. The normalized spacial score (nSPS) is 11.1. The largest absolute Gasteiger partial charge is 0.450 e. The van der Waals surface area contributed by atoms with Crippen molar-refractivity contribution in [2.45, 2.75) is 0 Å². The molecule has 0 aliphatic heterocycles. The van der Waals surface area contributed by atoms with Crippen LogP contribution in [0.1, 0.15) is 0 Å². The van der Waals surface area contributed by atoms with Crippen LogP contribution in [0.2, 0.25) is 5.02 Å². The highest BCUT2D eigenvalue weighted by atomic mass is 35.5. The number of hydrogen-bond donors (Lipinski definition) is 1. The van der Waals surface area contributed by atoms with E-state index in [1.54, 1.807) is 0 Å². The summed E-state index contributed by atoms with van der Waals surface area (Å²) in [6.45, 7) is 0. The maximum Gasteiger partial charge on any atom is 0.196 e. The Kier molecular flexibility index (Phi) is 3.77. The van der Waals surface area contributed by atoms with Crippen LogP contribution in [0.5, 0.6) is 0 Å². The first-order chi connectivity index (χ1) is 13.3. The molecule has 27 heavy (non-hydrogen) atoms. The van der Waals surface area contributed by atoms with E-state index >= 15 is 0 Å². The predicted octanol–water partition coefficient (Wildman–Crippen LogP) is 6.44. The van der Waals surface area contributed by atoms with Crippen LogP contribution in [0.25, 0.3) is 33.5 Å². The van der Waals surface area contributed by atoms with Crippen LogP contribution in [0.3, 0.4) is 0 Å². The van der Waals surface area contributed by atoms with Crippen molar-refractivity contribution in [2.75, 3.05) is 5.32 Å². The van der Waals surface area contributed by atoms with Gasteiger partial charge in [-0.05, 0) is 48.5 Å². The van der Waals surface area contributed by atoms with Gasteiger partial charge in [0.25, 0.3) is 0 Å². The molecule has 0 unspecified atom stereocenters. The third-order valence-corrected chi connectivity index (χ3v) is 4.61. The zero-order chi connectivity index (χ0) is 18.2. The Labute approximate surface area is 160 Å². The Balaban J connectivity index is 1.76. The molecule has 0 spiro atoms. The topological polar surface area (TPSA) is 51.0 Å². The highest BCUT2D eigenvalue weighted by molar-refractivity contribution is 6.30. The number of benzene rings is 3. The van der Waals surface area contributed by atoms with Gasteiger partial charge < -0.3 is 9.73 Å². The second-order valence-electron chi connectivity index (χ2n) is 6.17. The van der Waals surface area contributed by atoms with E-state index in [-0.39, 0.29) is 0 Å². The van der Waals surface area contributed by atoms with E-state index in [0.717, 1.165) is 27.7 Å². The highest BCUT2D eigenvalue weighted by Crippen LogP contribution is 2.34. The van der Waals surface area contributed by atoms with E-state index in [1.165, 1.54) is 0 Å². The van der Waals surface area contributed by atoms with Gasteiger partial charge in [-0.25, -0.2) is 9.97 Å². The molecule has 130 valence electrons. The fourth-order valence-corrected chi connectivity index (χ4v) is 3.19. The van der Waals surface area contributed by atoms with Gasteiger partial charge in [0.2, 0.25) is 0 Å². The molecule has 5 rings (SSSR count). The first-order valence-corrected chi connectivity index (χ1v) is 8.93. The van der Waals surface area contributed by atoms with Crippen molar-refractivity contribution in [2.24, 2.45) is 0 Å². The van der Waals surface area contributed by atoms with E-state index < -0.39 is 0 Å². The number of nitrogens with one attached hydrogen (secondary N) is 1. The summed E-state index contributed by atoms with van der Waals surface area (Å²) in [7, 11) is 0. The summed E-state index contributed by atoms with van der Waals surface area (Å²) in [5.74, 6) is 1.25. The van der Waals surface area contributed by atoms with E-state index in [1.807, 2.05) is 78.9 Å². The van der Waals surface area contributed by atoms with Crippen LogP contribution >= 0.6 is 11.6 Å². The molecular weight excluding hydrogens is 358 g/mol. The van der Waals surface area contributed by atoms with Crippen LogP contribution < -0.4 is 5.32 Å². The van der Waals surface area contributed by atoms with Gasteiger partial charge >= 0.3 is 0 Å². The van der Waals surface area contributed by atoms with Gasteiger partial charge in [0.1, 0.15) is 11.1 Å². The minimum absolute atomic E-state index is 0.615. The summed E-state index contributed by atoms with van der Waals surface area (Å²) in [6, 6.07) is 25.3. The first-order valence-electron chi connectivity index (χ1n) is 8.55. The number of furan rings is 1. The van der Waals surface area contributed by atoms with Crippen molar-refractivity contribution in [1.82, 2.24) is 9.97 Å². The van der Waals surface area contributed by atoms with Crippen LogP contribution in [0, 0.1) is 0 Å².